The molecule has 0 heterocycles. The Bertz CT molecular complexity index is 520. The van der Waals surface area contributed by atoms with Gasteiger partial charge in [0.05, 0.1) is 0 Å². The van der Waals surface area contributed by atoms with E-state index in [-0.39, 0.29) is 7.43 Å². The van der Waals surface area contributed by atoms with Crippen LogP contribution in [-0.4, -0.2) is 39.3 Å². The first-order valence-electron chi connectivity index (χ1n) is 10.9. The summed E-state index contributed by atoms with van der Waals surface area (Å²) in [6.45, 7) is 8.52. The average Bonchev–Trinajstić information content (AvgIpc) is 2.75. The molecule has 4 heteroatoms. The highest BCUT2D eigenvalue weighted by Gasteiger charge is 1.94. The summed E-state index contributed by atoms with van der Waals surface area (Å²) < 4.78 is 0. The SMILES string of the molecule is C.c1ccc(CNCCCNCCCCNCCCNCc2ccccc2)cc1. The molecule has 0 spiro atoms. The van der Waals surface area contributed by atoms with Gasteiger partial charge in [0.15, 0.2) is 0 Å². The molecule has 4 nitrogen and oxygen atoms in total. The first kappa shape index (κ1) is 25.3. The van der Waals surface area contributed by atoms with Crippen LogP contribution in [0.2, 0.25) is 0 Å². The third-order valence-electron chi connectivity index (χ3n) is 4.72. The quantitative estimate of drug-likeness (QED) is 0.305. The van der Waals surface area contributed by atoms with Gasteiger partial charge in [0.1, 0.15) is 0 Å². The third kappa shape index (κ3) is 14.0. The van der Waals surface area contributed by atoms with Gasteiger partial charge in [0.25, 0.3) is 0 Å². The lowest BCUT2D eigenvalue weighted by Gasteiger charge is -2.08. The lowest BCUT2D eigenvalue weighted by Crippen LogP contribution is -2.24. The van der Waals surface area contributed by atoms with Crippen molar-refractivity contribution in [2.45, 2.75) is 46.2 Å². The molecular formula is C25H42N4. The first-order chi connectivity index (χ1) is 13.9. The van der Waals surface area contributed by atoms with E-state index in [2.05, 4.69) is 81.9 Å². The highest BCUT2D eigenvalue weighted by atomic mass is 14.9. The van der Waals surface area contributed by atoms with Crippen LogP contribution in [0.4, 0.5) is 0 Å². The minimum absolute atomic E-state index is 0. The van der Waals surface area contributed by atoms with E-state index in [1.165, 1.54) is 36.8 Å². The molecule has 0 saturated carbocycles. The number of hydrogen-bond donors (Lipinski definition) is 4. The first-order valence-corrected chi connectivity index (χ1v) is 10.9. The standard InChI is InChI=1S/C24H38N4.CH4/c1-3-11-23(12-4-1)21-27-19-9-17-25-15-7-8-16-26-18-10-20-28-22-24-13-5-2-6-14-24;/h1-6,11-14,25-28H,7-10,15-22H2;1H4. The third-order valence-corrected chi connectivity index (χ3v) is 4.72. The topological polar surface area (TPSA) is 48.1 Å². The van der Waals surface area contributed by atoms with Crippen molar-refractivity contribution in [1.29, 1.82) is 0 Å². The van der Waals surface area contributed by atoms with Crippen LogP contribution in [-0.2, 0) is 13.1 Å². The van der Waals surface area contributed by atoms with Gasteiger partial charge < -0.3 is 21.3 Å². The molecule has 0 aliphatic carbocycles. The van der Waals surface area contributed by atoms with Crippen LogP contribution in [0, 0.1) is 0 Å². The minimum Gasteiger partial charge on any atom is -0.317 e. The second kappa shape index (κ2) is 18.3. The molecule has 0 radical (unpaired) electrons. The molecule has 0 unspecified atom stereocenters. The van der Waals surface area contributed by atoms with E-state index in [1.54, 1.807) is 0 Å². The molecule has 2 aromatic rings. The van der Waals surface area contributed by atoms with Gasteiger partial charge in [-0.25, -0.2) is 0 Å². The molecule has 0 amide bonds. The van der Waals surface area contributed by atoms with E-state index in [0.29, 0.717) is 0 Å². The van der Waals surface area contributed by atoms with Crippen LogP contribution in [0.1, 0.15) is 44.2 Å². The molecule has 0 saturated heterocycles. The van der Waals surface area contributed by atoms with Crippen molar-refractivity contribution in [3.8, 4) is 0 Å². The fourth-order valence-electron chi connectivity index (χ4n) is 3.08. The highest BCUT2D eigenvalue weighted by Crippen LogP contribution is 1.97. The summed E-state index contributed by atoms with van der Waals surface area (Å²) in [5, 5.41) is 14.1. The van der Waals surface area contributed by atoms with Gasteiger partial charge in [-0.2, -0.15) is 0 Å². The van der Waals surface area contributed by atoms with Gasteiger partial charge in [-0.05, 0) is 76.1 Å². The molecule has 29 heavy (non-hydrogen) atoms. The van der Waals surface area contributed by atoms with Gasteiger partial charge >= 0.3 is 0 Å². The Morgan fingerprint density at radius 3 is 1.17 bits per heavy atom. The van der Waals surface area contributed by atoms with Gasteiger partial charge in [0.2, 0.25) is 0 Å². The lowest BCUT2D eigenvalue weighted by atomic mass is 10.2. The summed E-state index contributed by atoms with van der Waals surface area (Å²) in [6.07, 6.45) is 4.86. The van der Waals surface area contributed by atoms with E-state index >= 15 is 0 Å². The maximum absolute atomic E-state index is 3.54. The smallest absolute Gasteiger partial charge is 0.0205 e. The second-order valence-electron chi connectivity index (χ2n) is 7.24. The van der Waals surface area contributed by atoms with Crippen molar-refractivity contribution < 1.29 is 0 Å². The van der Waals surface area contributed by atoms with E-state index in [0.717, 1.165) is 52.4 Å². The zero-order valence-corrected chi connectivity index (χ0v) is 17.3. The monoisotopic (exact) mass is 398 g/mol. The van der Waals surface area contributed by atoms with Crippen molar-refractivity contribution in [1.82, 2.24) is 21.3 Å². The molecule has 162 valence electrons. The minimum atomic E-state index is 0. The molecule has 0 bridgehead atoms. The van der Waals surface area contributed by atoms with Crippen LogP contribution in [0.25, 0.3) is 0 Å². The summed E-state index contributed by atoms with van der Waals surface area (Å²) in [7, 11) is 0. The largest absolute Gasteiger partial charge is 0.317 e. The fraction of sp³-hybridized carbons (Fsp3) is 0.520. The maximum Gasteiger partial charge on any atom is 0.0205 e. The normalized spacial score (nSPS) is 10.6. The molecule has 0 fully saturated rings. The molecule has 2 rings (SSSR count). The average molecular weight is 399 g/mol. The lowest BCUT2D eigenvalue weighted by molar-refractivity contribution is 0.547. The molecule has 0 atom stereocenters. The summed E-state index contributed by atoms with van der Waals surface area (Å²) in [5.74, 6) is 0. The molecule has 2 aromatic carbocycles. The van der Waals surface area contributed by atoms with Crippen molar-refractivity contribution >= 4 is 0 Å². The van der Waals surface area contributed by atoms with Crippen molar-refractivity contribution in [2.75, 3.05) is 39.3 Å². The van der Waals surface area contributed by atoms with Crippen molar-refractivity contribution in [3.63, 3.8) is 0 Å². The Morgan fingerprint density at radius 2 is 0.759 bits per heavy atom. The highest BCUT2D eigenvalue weighted by molar-refractivity contribution is 5.14. The predicted octanol–water partition coefficient (Wildman–Crippen LogP) is 3.94. The summed E-state index contributed by atoms with van der Waals surface area (Å²) in [5.41, 5.74) is 2.71. The van der Waals surface area contributed by atoms with E-state index in [4.69, 9.17) is 0 Å². The van der Waals surface area contributed by atoms with E-state index in [1.807, 2.05) is 0 Å². The van der Waals surface area contributed by atoms with Crippen LogP contribution in [0.5, 0.6) is 0 Å². The summed E-state index contributed by atoms with van der Waals surface area (Å²) >= 11 is 0. The van der Waals surface area contributed by atoms with Crippen molar-refractivity contribution in [2.24, 2.45) is 0 Å². The van der Waals surface area contributed by atoms with Crippen molar-refractivity contribution in [3.05, 3.63) is 71.8 Å². The molecular weight excluding hydrogens is 356 g/mol. The Kier molecular flexibility index (Phi) is 16.0. The maximum atomic E-state index is 3.54. The molecule has 0 aromatic heterocycles. The van der Waals surface area contributed by atoms with Gasteiger partial charge in [-0.15, -0.1) is 0 Å². The van der Waals surface area contributed by atoms with Gasteiger partial charge in [-0.3, -0.25) is 0 Å². The van der Waals surface area contributed by atoms with E-state index in [9.17, 15) is 0 Å². The number of rotatable bonds is 17. The van der Waals surface area contributed by atoms with Gasteiger partial charge in [-0.1, -0.05) is 68.1 Å². The Labute approximate surface area is 178 Å². The Hall–Kier alpha value is -1.72. The second-order valence-corrected chi connectivity index (χ2v) is 7.24. The number of unbranched alkanes of at least 4 members (excludes halogenated alkanes) is 1. The summed E-state index contributed by atoms with van der Waals surface area (Å²) in [4.78, 5) is 0. The zero-order valence-electron chi connectivity index (χ0n) is 17.3. The van der Waals surface area contributed by atoms with E-state index < -0.39 is 0 Å². The molecule has 0 aliphatic rings. The zero-order chi connectivity index (χ0) is 19.5. The number of hydrogen-bond acceptors (Lipinski definition) is 4. The predicted molar refractivity (Wildman–Crippen MR) is 127 cm³/mol. The van der Waals surface area contributed by atoms with Gasteiger partial charge in [0, 0.05) is 13.1 Å². The van der Waals surface area contributed by atoms with Crippen LogP contribution in [0.3, 0.4) is 0 Å². The van der Waals surface area contributed by atoms with Crippen LogP contribution >= 0.6 is 0 Å². The molecule has 4 N–H and O–H groups in total. The molecule has 0 aliphatic heterocycles. The summed E-state index contributed by atoms with van der Waals surface area (Å²) in [6, 6.07) is 21.2. The fourth-order valence-corrected chi connectivity index (χ4v) is 3.08. The number of nitrogens with one attached hydrogen (secondary N) is 4. The number of benzene rings is 2. The van der Waals surface area contributed by atoms with Crippen LogP contribution in [0.15, 0.2) is 60.7 Å². The van der Waals surface area contributed by atoms with Crippen LogP contribution < -0.4 is 21.3 Å². The Balaban J connectivity index is 0.00000420. The Morgan fingerprint density at radius 1 is 0.414 bits per heavy atom.